The van der Waals surface area contributed by atoms with Crippen LogP contribution in [0.15, 0.2) is 30.3 Å². The molecule has 0 radical (unpaired) electrons. The Bertz CT molecular complexity index is 1240. The first-order chi connectivity index (χ1) is 15.8. The van der Waals surface area contributed by atoms with Gasteiger partial charge in [0.25, 0.3) is 0 Å². The van der Waals surface area contributed by atoms with Crippen LogP contribution < -0.4 is 10.5 Å². The fraction of sp³-hybridized carbons (Fsp3) is 0.370. The van der Waals surface area contributed by atoms with Crippen molar-refractivity contribution >= 4 is 22.9 Å². The fourth-order valence-electron chi connectivity index (χ4n) is 4.05. The second-order valence-electron chi connectivity index (χ2n) is 8.81. The number of aromatic nitrogens is 1. The highest BCUT2D eigenvalue weighted by Gasteiger charge is 2.29. The number of nitrogens with two attached hydrogens (primary N) is 1. The molecule has 2 aromatic carbocycles. The zero-order valence-electron chi connectivity index (χ0n) is 19.3. The van der Waals surface area contributed by atoms with Crippen LogP contribution in [-0.4, -0.2) is 18.1 Å². The molecule has 0 bridgehead atoms. The van der Waals surface area contributed by atoms with Gasteiger partial charge in [-0.1, -0.05) is 42.5 Å². The van der Waals surface area contributed by atoms with Crippen molar-refractivity contribution in [3.8, 4) is 28.8 Å². The molecule has 6 heteroatoms. The summed E-state index contributed by atoms with van der Waals surface area (Å²) in [5.41, 5.74) is 10.8. The van der Waals surface area contributed by atoms with Gasteiger partial charge in [0.1, 0.15) is 11.6 Å². The lowest BCUT2D eigenvalue weighted by molar-refractivity contribution is 0.412. The number of hydrogen-bond acceptors (Lipinski definition) is 4. The molecule has 1 heterocycles. The van der Waals surface area contributed by atoms with Crippen molar-refractivity contribution in [2.45, 2.75) is 52.0 Å². The highest BCUT2D eigenvalue weighted by Crippen LogP contribution is 2.40. The molecule has 0 spiro atoms. The molecule has 3 nitrogen and oxygen atoms in total. The number of halogens is 2. The molecular formula is C27H28ClFN2OS. The van der Waals surface area contributed by atoms with Crippen LogP contribution in [0, 0.1) is 44.3 Å². The van der Waals surface area contributed by atoms with E-state index in [2.05, 4.69) is 11.8 Å². The van der Waals surface area contributed by atoms with Gasteiger partial charge in [-0.3, -0.25) is 0 Å². The molecule has 1 unspecified atom stereocenters. The van der Waals surface area contributed by atoms with E-state index in [1.165, 1.54) is 24.2 Å². The van der Waals surface area contributed by atoms with Crippen molar-refractivity contribution < 1.29 is 9.13 Å². The summed E-state index contributed by atoms with van der Waals surface area (Å²) in [6, 6.07) is 8.82. The van der Waals surface area contributed by atoms with Crippen LogP contribution in [0.3, 0.4) is 0 Å². The molecule has 1 aromatic heterocycles. The maximum Gasteiger partial charge on any atom is 0.167 e. The Morgan fingerprint density at radius 3 is 2.64 bits per heavy atom. The smallest absolute Gasteiger partial charge is 0.167 e. The molecule has 0 saturated heterocycles. The van der Waals surface area contributed by atoms with Gasteiger partial charge in [-0.25, -0.2) is 9.37 Å². The van der Waals surface area contributed by atoms with Gasteiger partial charge >= 0.3 is 0 Å². The first kappa shape index (κ1) is 23.8. The lowest BCUT2D eigenvalue weighted by atomic mass is 9.87. The predicted molar refractivity (Wildman–Crippen MR) is 135 cm³/mol. The first-order valence-electron chi connectivity index (χ1n) is 11.1. The number of rotatable bonds is 6. The molecule has 33 heavy (non-hydrogen) atoms. The fourth-order valence-corrected chi connectivity index (χ4v) is 5.08. The summed E-state index contributed by atoms with van der Waals surface area (Å²) in [4.78, 5) is 5.78. The molecule has 1 fully saturated rings. The molecule has 4 rings (SSSR count). The number of hydrogen-bond donors (Lipinski definition) is 1. The van der Waals surface area contributed by atoms with E-state index < -0.39 is 6.04 Å². The highest BCUT2D eigenvalue weighted by molar-refractivity contribution is 7.12. The van der Waals surface area contributed by atoms with Crippen LogP contribution >= 0.6 is 22.9 Å². The van der Waals surface area contributed by atoms with Crippen LogP contribution in [0.25, 0.3) is 11.3 Å². The van der Waals surface area contributed by atoms with Crippen molar-refractivity contribution in [3.05, 3.63) is 67.7 Å². The van der Waals surface area contributed by atoms with E-state index in [0.717, 1.165) is 39.4 Å². The van der Waals surface area contributed by atoms with Crippen molar-refractivity contribution in [1.82, 2.24) is 4.98 Å². The van der Waals surface area contributed by atoms with Gasteiger partial charge in [0.05, 0.1) is 23.9 Å². The largest absolute Gasteiger partial charge is 0.496 e. The summed E-state index contributed by atoms with van der Waals surface area (Å²) >= 11 is 8.03. The third-order valence-corrected chi connectivity index (χ3v) is 7.42. The third kappa shape index (κ3) is 5.41. The number of aryl methyl sites for hydroxylation is 3. The zero-order chi connectivity index (χ0) is 23.7. The van der Waals surface area contributed by atoms with Crippen LogP contribution in [0.5, 0.6) is 5.75 Å². The Kier molecular flexibility index (Phi) is 7.09. The second-order valence-corrected chi connectivity index (χ2v) is 10.4. The average Bonchev–Trinajstić information content (AvgIpc) is 3.54. The minimum Gasteiger partial charge on any atom is -0.496 e. The van der Waals surface area contributed by atoms with Gasteiger partial charge in [-0.2, -0.15) is 0 Å². The minimum atomic E-state index is -0.396. The van der Waals surface area contributed by atoms with Crippen molar-refractivity contribution in [3.63, 3.8) is 0 Å². The van der Waals surface area contributed by atoms with Gasteiger partial charge in [0.15, 0.2) is 5.01 Å². The number of ether oxygens (including phenoxy) is 1. The Morgan fingerprint density at radius 1 is 1.21 bits per heavy atom. The molecule has 1 aliphatic rings. The SMILES string of the molecule is COc1cc(Cl)c(-c2nc(C#C[C@@H](N)C(CC3CC3)c3ccc(C)c(F)c3)sc2C)cc1C. The van der Waals surface area contributed by atoms with Gasteiger partial charge in [0.2, 0.25) is 0 Å². The van der Waals surface area contributed by atoms with Gasteiger partial charge < -0.3 is 10.5 Å². The maximum absolute atomic E-state index is 14.2. The predicted octanol–water partition coefficient (Wildman–Crippen LogP) is 6.80. The number of methoxy groups -OCH3 is 1. The number of nitrogens with zero attached hydrogens (tertiary/aromatic N) is 1. The van der Waals surface area contributed by atoms with E-state index >= 15 is 0 Å². The molecule has 3 aromatic rings. The molecule has 0 amide bonds. The lowest BCUT2D eigenvalue weighted by Gasteiger charge is -2.21. The van der Waals surface area contributed by atoms with Crippen LogP contribution in [0.4, 0.5) is 4.39 Å². The van der Waals surface area contributed by atoms with E-state index in [1.807, 2.05) is 38.1 Å². The van der Waals surface area contributed by atoms with E-state index in [4.69, 9.17) is 27.1 Å². The van der Waals surface area contributed by atoms with E-state index in [0.29, 0.717) is 21.5 Å². The van der Waals surface area contributed by atoms with Crippen LogP contribution in [0.1, 0.15) is 51.8 Å². The van der Waals surface area contributed by atoms with Crippen LogP contribution in [0.2, 0.25) is 5.02 Å². The molecule has 172 valence electrons. The highest BCUT2D eigenvalue weighted by atomic mass is 35.5. The topological polar surface area (TPSA) is 48.1 Å². The standard InChI is InChI=1S/C27H28ClFN2OS/c1-15-5-8-19(13-23(15)29)20(12-18-6-7-18)24(30)9-10-26-31-27(17(3)33-26)21-11-16(2)25(32-4)14-22(21)28/h5,8,11,13-14,18,20,24H,6-7,12,30H2,1-4H3/t20?,24-/m1/s1. The Hall–Kier alpha value is -2.39. The van der Waals surface area contributed by atoms with E-state index in [1.54, 1.807) is 20.1 Å². The second kappa shape index (κ2) is 9.85. The Balaban J connectivity index is 1.60. The third-order valence-electron chi connectivity index (χ3n) is 6.22. The summed E-state index contributed by atoms with van der Waals surface area (Å²) in [5, 5.41) is 1.29. The maximum atomic E-state index is 14.2. The Morgan fingerprint density at radius 2 is 1.97 bits per heavy atom. The number of thiazole rings is 1. The molecule has 2 atom stereocenters. The number of benzene rings is 2. The van der Waals surface area contributed by atoms with E-state index in [-0.39, 0.29) is 11.7 Å². The van der Waals surface area contributed by atoms with Crippen molar-refractivity contribution in [1.29, 1.82) is 0 Å². The summed E-state index contributed by atoms with van der Waals surface area (Å²) in [6.07, 6.45) is 3.35. The van der Waals surface area contributed by atoms with Crippen LogP contribution in [-0.2, 0) is 0 Å². The normalized spacial score (nSPS) is 15.0. The summed E-state index contributed by atoms with van der Waals surface area (Å²) in [6.45, 7) is 5.76. The summed E-state index contributed by atoms with van der Waals surface area (Å²) in [5.74, 6) is 7.58. The summed E-state index contributed by atoms with van der Waals surface area (Å²) in [7, 11) is 1.63. The van der Waals surface area contributed by atoms with Gasteiger partial charge in [-0.15, -0.1) is 11.3 Å². The monoisotopic (exact) mass is 482 g/mol. The zero-order valence-corrected chi connectivity index (χ0v) is 20.9. The van der Waals surface area contributed by atoms with Gasteiger partial charge in [-0.05, 0) is 73.9 Å². The lowest BCUT2D eigenvalue weighted by Crippen LogP contribution is -2.27. The minimum absolute atomic E-state index is 0.000637. The molecule has 2 N–H and O–H groups in total. The molecule has 1 saturated carbocycles. The summed E-state index contributed by atoms with van der Waals surface area (Å²) < 4.78 is 19.6. The molecular weight excluding hydrogens is 455 g/mol. The Labute approximate surface area is 204 Å². The molecule has 0 aliphatic heterocycles. The van der Waals surface area contributed by atoms with Crippen molar-refractivity contribution in [2.24, 2.45) is 11.7 Å². The van der Waals surface area contributed by atoms with Gasteiger partial charge in [0, 0.05) is 16.4 Å². The first-order valence-corrected chi connectivity index (χ1v) is 12.3. The quantitative estimate of drug-likeness (QED) is 0.393. The van der Waals surface area contributed by atoms with Crippen molar-refractivity contribution in [2.75, 3.05) is 7.11 Å². The molecule has 1 aliphatic carbocycles. The average molecular weight is 483 g/mol. The van der Waals surface area contributed by atoms with E-state index in [9.17, 15) is 4.39 Å².